The standard InChI is InChI=1S/C16H17N3O2/c1-2-3-7-14(16(20)21)19-15-9-11(10-17)12-6-4-5-8-13(12)18-15/h4-6,8-9,14H,2-3,7H2,1H3,(H,18,19)(H,20,21). The van der Waals surface area contributed by atoms with Gasteiger partial charge in [-0.3, -0.25) is 0 Å². The second-order valence-corrected chi connectivity index (χ2v) is 4.86. The topological polar surface area (TPSA) is 86.0 Å². The van der Waals surface area contributed by atoms with Crippen molar-refractivity contribution < 1.29 is 9.90 Å². The van der Waals surface area contributed by atoms with Crippen LogP contribution < -0.4 is 5.32 Å². The fraction of sp³-hybridized carbons (Fsp3) is 0.312. The van der Waals surface area contributed by atoms with Crippen molar-refractivity contribution in [2.24, 2.45) is 0 Å². The van der Waals surface area contributed by atoms with Crippen molar-refractivity contribution in [1.82, 2.24) is 4.98 Å². The van der Waals surface area contributed by atoms with Gasteiger partial charge in [0.2, 0.25) is 0 Å². The molecule has 0 bridgehead atoms. The summed E-state index contributed by atoms with van der Waals surface area (Å²) in [5.74, 6) is -0.481. The number of aromatic nitrogens is 1. The van der Waals surface area contributed by atoms with Crippen molar-refractivity contribution in [2.45, 2.75) is 32.2 Å². The molecule has 0 saturated heterocycles. The molecule has 2 rings (SSSR count). The number of carboxylic acids is 1. The number of carbonyl (C=O) groups is 1. The quantitative estimate of drug-likeness (QED) is 0.850. The summed E-state index contributed by atoms with van der Waals surface area (Å²) in [7, 11) is 0. The summed E-state index contributed by atoms with van der Waals surface area (Å²) >= 11 is 0. The zero-order valence-electron chi connectivity index (χ0n) is 11.8. The number of fused-ring (bicyclic) bond motifs is 1. The molecule has 2 aromatic rings. The molecule has 5 nitrogen and oxygen atoms in total. The van der Waals surface area contributed by atoms with Gasteiger partial charge in [-0.15, -0.1) is 0 Å². The second kappa shape index (κ2) is 6.71. The van der Waals surface area contributed by atoms with Gasteiger partial charge >= 0.3 is 5.97 Å². The molecule has 0 radical (unpaired) electrons. The predicted octanol–water partition coefficient (Wildman–Crippen LogP) is 3.16. The summed E-state index contributed by atoms with van der Waals surface area (Å²) in [4.78, 5) is 15.7. The van der Waals surface area contributed by atoms with Gasteiger partial charge in [0, 0.05) is 5.39 Å². The lowest BCUT2D eigenvalue weighted by Gasteiger charge is -2.15. The first-order valence-corrected chi connectivity index (χ1v) is 6.95. The van der Waals surface area contributed by atoms with Gasteiger partial charge in [0.1, 0.15) is 11.9 Å². The first-order chi connectivity index (χ1) is 10.2. The number of nitrogens with one attached hydrogen (secondary N) is 1. The van der Waals surface area contributed by atoms with Crippen molar-refractivity contribution in [3.05, 3.63) is 35.9 Å². The number of para-hydroxylation sites is 1. The largest absolute Gasteiger partial charge is 0.480 e. The maximum Gasteiger partial charge on any atom is 0.326 e. The van der Waals surface area contributed by atoms with Crippen molar-refractivity contribution in [3.8, 4) is 6.07 Å². The minimum atomic E-state index is -0.906. The van der Waals surface area contributed by atoms with Crippen LogP contribution in [-0.2, 0) is 4.79 Å². The fourth-order valence-corrected chi connectivity index (χ4v) is 2.19. The molecule has 21 heavy (non-hydrogen) atoms. The van der Waals surface area contributed by atoms with Crippen LogP contribution in [0.2, 0.25) is 0 Å². The van der Waals surface area contributed by atoms with E-state index in [9.17, 15) is 15.2 Å². The van der Waals surface area contributed by atoms with E-state index in [-0.39, 0.29) is 0 Å². The van der Waals surface area contributed by atoms with Crippen LogP contribution >= 0.6 is 0 Å². The van der Waals surface area contributed by atoms with E-state index in [1.54, 1.807) is 6.07 Å². The number of hydrogen-bond acceptors (Lipinski definition) is 4. The Morgan fingerprint density at radius 3 is 2.90 bits per heavy atom. The van der Waals surface area contributed by atoms with Crippen molar-refractivity contribution >= 4 is 22.7 Å². The Bertz CT molecular complexity index is 691. The van der Waals surface area contributed by atoms with Crippen LogP contribution in [0.5, 0.6) is 0 Å². The number of carboxylic acid groups (broad SMARTS) is 1. The lowest BCUT2D eigenvalue weighted by Crippen LogP contribution is -2.29. The highest BCUT2D eigenvalue weighted by atomic mass is 16.4. The average Bonchev–Trinajstić information content (AvgIpc) is 2.50. The van der Waals surface area contributed by atoms with Crippen LogP contribution in [0.3, 0.4) is 0 Å². The van der Waals surface area contributed by atoms with E-state index in [4.69, 9.17) is 0 Å². The average molecular weight is 283 g/mol. The maximum atomic E-state index is 11.3. The molecule has 1 aromatic carbocycles. The van der Waals surface area contributed by atoms with Crippen molar-refractivity contribution in [2.75, 3.05) is 5.32 Å². The summed E-state index contributed by atoms with van der Waals surface area (Å²) in [6, 6.07) is 10.4. The number of rotatable bonds is 6. The molecular formula is C16H17N3O2. The van der Waals surface area contributed by atoms with Gasteiger partial charge in [0.15, 0.2) is 0 Å². The van der Waals surface area contributed by atoms with Crippen LogP contribution in [0.1, 0.15) is 31.7 Å². The molecule has 5 heteroatoms. The summed E-state index contributed by atoms with van der Waals surface area (Å²) < 4.78 is 0. The van der Waals surface area contributed by atoms with Gasteiger partial charge < -0.3 is 10.4 Å². The second-order valence-electron chi connectivity index (χ2n) is 4.86. The van der Waals surface area contributed by atoms with Crippen LogP contribution in [0.15, 0.2) is 30.3 Å². The van der Waals surface area contributed by atoms with E-state index in [1.807, 2.05) is 31.2 Å². The lowest BCUT2D eigenvalue weighted by molar-refractivity contribution is -0.138. The number of aliphatic carboxylic acids is 1. The Hall–Kier alpha value is -2.61. The molecule has 108 valence electrons. The molecule has 0 fully saturated rings. The molecule has 1 unspecified atom stereocenters. The van der Waals surface area contributed by atoms with E-state index < -0.39 is 12.0 Å². The minimum absolute atomic E-state index is 0.425. The Morgan fingerprint density at radius 2 is 2.24 bits per heavy atom. The fourth-order valence-electron chi connectivity index (χ4n) is 2.19. The number of unbranched alkanes of at least 4 members (excludes halogenated alkanes) is 1. The number of nitriles is 1. The van der Waals surface area contributed by atoms with Crippen LogP contribution in [0.25, 0.3) is 10.9 Å². The number of anilines is 1. The molecule has 0 saturated carbocycles. The Kier molecular flexibility index (Phi) is 4.72. The highest BCUT2D eigenvalue weighted by Gasteiger charge is 2.17. The SMILES string of the molecule is CCCCC(Nc1cc(C#N)c2ccccc2n1)C(=O)O. The molecule has 2 N–H and O–H groups in total. The summed E-state index contributed by atoms with van der Waals surface area (Å²) in [6.07, 6.45) is 2.28. The molecular weight excluding hydrogens is 266 g/mol. The molecule has 0 aliphatic heterocycles. The zero-order chi connectivity index (χ0) is 15.2. The monoisotopic (exact) mass is 283 g/mol. The third-order valence-electron chi connectivity index (χ3n) is 3.30. The molecule has 0 spiro atoms. The Labute approximate surface area is 123 Å². The number of benzene rings is 1. The minimum Gasteiger partial charge on any atom is -0.480 e. The van der Waals surface area contributed by atoms with Crippen molar-refractivity contribution in [3.63, 3.8) is 0 Å². The zero-order valence-corrected chi connectivity index (χ0v) is 11.8. The van der Waals surface area contributed by atoms with Gasteiger partial charge in [-0.2, -0.15) is 5.26 Å². The number of hydrogen-bond donors (Lipinski definition) is 2. The summed E-state index contributed by atoms with van der Waals surface area (Å²) in [5.41, 5.74) is 1.17. The Balaban J connectivity index is 2.33. The van der Waals surface area contributed by atoms with Gasteiger partial charge in [0.25, 0.3) is 0 Å². The van der Waals surface area contributed by atoms with E-state index in [0.29, 0.717) is 23.3 Å². The summed E-state index contributed by atoms with van der Waals surface area (Å²) in [5, 5.41) is 22.2. The molecule has 0 aliphatic rings. The van der Waals surface area contributed by atoms with E-state index >= 15 is 0 Å². The molecule has 0 aliphatic carbocycles. The Morgan fingerprint density at radius 1 is 1.48 bits per heavy atom. The molecule has 1 aromatic heterocycles. The van der Waals surface area contributed by atoms with Crippen molar-refractivity contribution in [1.29, 1.82) is 5.26 Å². The van der Waals surface area contributed by atoms with Gasteiger partial charge in [-0.25, -0.2) is 9.78 Å². The first kappa shape index (κ1) is 14.8. The number of pyridine rings is 1. The van der Waals surface area contributed by atoms with E-state index in [0.717, 1.165) is 18.2 Å². The third kappa shape index (κ3) is 3.48. The molecule has 1 heterocycles. The van der Waals surface area contributed by atoms with Gasteiger partial charge in [0.05, 0.1) is 17.1 Å². The van der Waals surface area contributed by atoms with E-state index in [1.165, 1.54) is 0 Å². The van der Waals surface area contributed by atoms with E-state index in [2.05, 4.69) is 16.4 Å². The number of nitrogens with zero attached hydrogens (tertiary/aromatic N) is 2. The smallest absolute Gasteiger partial charge is 0.326 e. The van der Waals surface area contributed by atoms with Crippen LogP contribution in [0.4, 0.5) is 5.82 Å². The summed E-state index contributed by atoms with van der Waals surface area (Å²) in [6.45, 7) is 2.01. The predicted molar refractivity (Wildman–Crippen MR) is 81.0 cm³/mol. The first-order valence-electron chi connectivity index (χ1n) is 6.95. The maximum absolute atomic E-state index is 11.3. The van der Waals surface area contributed by atoms with Gasteiger partial charge in [-0.05, 0) is 18.6 Å². The lowest BCUT2D eigenvalue weighted by atomic mass is 10.1. The van der Waals surface area contributed by atoms with Crippen LogP contribution in [0, 0.1) is 11.3 Å². The molecule has 1 atom stereocenters. The van der Waals surface area contributed by atoms with Gasteiger partial charge in [-0.1, -0.05) is 38.0 Å². The van der Waals surface area contributed by atoms with Crippen LogP contribution in [-0.4, -0.2) is 22.1 Å². The third-order valence-corrected chi connectivity index (χ3v) is 3.30. The highest BCUT2D eigenvalue weighted by Crippen LogP contribution is 2.21. The molecule has 0 amide bonds. The normalized spacial score (nSPS) is 11.8. The highest BCUT2D eigenvalue weighted by molar-refractivity contribution is 5.87.